The summed E-state index contributed by atoms with van der Waals surface area (Å²) in [4.78, 5) is 11.7. The first-order valence-electron chi connectivity index (χ1n) is 6.28. The lowest BCUT2D eigenvalue weighted by Gasteiger charge is -2.00. The van der Waals surface area contributed by atoms with E-state index in [0.717, 1.165) is 16.9 Å². The molecule has 0 aliphatic heterocycles. The minimum Gasteiger partial charge on any atom is -0.497 e. The molecule has 0 atom stereocenters. The molecule has 0 aliphatic carbocycles. The van der Waals surface area contributed by atoms with E-state index < -0.39 is 0 Å². The maximum Gasteiger partial charge on any atom is 0.244 e. The van der Waals surface area contributed by atoms with Gasteiger partial charge < -0.3 is 4.74 Å². The fourth-order valence-electron chi connectivity index (χ4n) is 1.69. The van der Waals surface area contributed by atoms with Crippen LogP contribution in [0.4, 0.5) is 0 Å². The summed E-state index contributed by atoms with van der Waals surface area (Å²) >= 11 is 0. The lowest BCUT2D eigenvalue weighted by Crippen LogP contribution is -2.19. The van der Waals surface area contributed by atoms with Crippen LogP contribution in [0.25, 0.3) is 0 Å². The number of nitrogens with zero attached hydrogens (tertiary/aromatic N) is 1. The van der Waals surface area contributed by atoms with Gasteiger partial charge in [0, 0.05) is 0 Å². The number of ether oxygens (including phenoxy) is 1. The highest BCUT2D eigenvalue weighted by Crippen LogP contribution is 2.09. The van der Waals surface area contributed by atoms with Crippen molar-refractivity contribution in [3.63, 3.8) is 0 Å². The molecule has 1 N–H and O–H groups in total. The van der Waals surface area contributed by atoms with Crippen LogP contribution in [0, 0.1) is 0 Å². The van der Waals surface area contributed by atoms with Crippen LogP contribution in [0.3, 0.4) is 0 Å². The molecule has 2 aromatic carbocycles. The average molecular weight is 268 g/mol. The van der Waals surface area contributed by atoms with Crippen molar-refractivity contribution in [2.75, 3.05) is 7.11 Å². The number of benzene rings is 2. The summed E-state index contributed by atoms with van der Waals surface area (Å²) in [6.07, 6.45) is 1.92. The quantitative estimate of drug-likeness (QED) is 0.668. The Kier molecular flexibility index (Phi) is 4.89. The molecule has 4 nitrogen and oxygen atoms in total. The van der Waals surface area contributed by atoms with Crippen LogP contribution in [0.2, 0.25) is 0 Å². The van der Waals surface area contributed by atoms with Crippen LogP contribution < -0.4 is 10.2 Å². The van der Waals surface area contributed by atoms with Crippen molar-refractivity contribution >= 4 is 12.1 Å². The largest absolute Gasteiger partial charge is 0.497 e. The number of rotatable bonds is 5. The molecule has 1 amide bonds. The van der Waals surface area contributed by atoms with Gasteiger partial charge in [-0.3, -0.25) is 4.79 Å². The van der Waals surface area contributed by atoms with Crippen molar-refractivity contribution in [2.24, 2.45) is 5.10 Å². The normalized spacial score (nSPS) is 10.4. The molecule has 102 valence electrons. The maximum atomic E-state index is 11.7. The standard InChI is InChI=1S/C16H16N2O2/c1-20-15-9-7-14(8-10-15)12-17-18-16(19)11-13-5-3-2-4-6-13/h2-10,12H,11H2,1H3,(H,18,19)/b17-12-. The van der Waals surface area contributed by atoms with E-state index in [2.05, 4.69) is 10.5 Å². The Balaban J connectivity index is 1.84. The Morgan fingerprint density at radius 2 is 1.85 bits per heavy atom. The topological polar surface area (TPSA) is 50.7 Å². The summed E-state index contributed by atoms with van der Waals surface area (Å²) in [5.74, 6) is 0.649. The van der Waals surface area contributed by atoms with E-state index in [-0.39, 0.29) is 5.91 Å². The number of hydrogen-bond donors (Lipinski definition) is 1. The molecule has 2 aromatic rings. The second-order valence-electron chi connectivity index (χ2n) is 4.23. The highest BCUT2D eigenvalue weighted by Gasteiger charge is 2.00. The van der Waals surface area contributed by atoms with Crippen molar-refractivity contribution in [3.05, 3.63) is 65.7 Å². The molecular weight excluding hydrogens is 252 g/mol. The molecule has 0 spiro atoms. The highest BCUT2D eigenvalue weighted by molar-refractivity contribution is 5.83. The zero-order valence-corrected chi connectivity index (χ0v) is 11.2. The van der Waals surface area contributed by atoms with Crippen molar-refractivity contribution in [1.82, 2.24) is 5.43 Å². The van der Waals surface area contributed by atoms with E-state index in [1.54, 1.807) is 13.3 Å². The zero-order valence-electron chi connectivity index (χ0n) is 11.2. The first-order chi connectivity index (χ1) is 9.78. The van der Waals surface area contributed by atoms with Gasteiger partial charge in [-0.15, -0.1) is 0 Å². The third-order valence-electron chi connectivity index (χ3n) is 2.73. The van der Waals surface area contributed by atoms with Gasteiger partial charge in [-0.25, -0.2) is 5.43 Å². The molecule has 0 aliphatic rings. The molecule has 0 radical (unpaired) electrons. The summed E-state index contributed by atoms with van der Waals surface area (Å²) in [5.41, 5.74) is 4.36. The number of nitrogens with one attached hydrogen (secondary N) is 1. The molecule has 0 heterocycles. The van der Waals surface area contributed by atoms with Gasteiger partial charge in [0.05, 0.1) is 19.7 Å². The Morgan fingerprint density at radius 1 is 1.15 bits per heavy atom. The van der Waals surface area contributed by atoms with Gasteiger partial charge >= 0.3 is 0 Å². The molecule has 0 aromatic heterocycles. The minimum atomic E-state index is -0.138. The first-order valence-corrected chi connectivity index (χ1v) is 6.28. The van der Waals surface area contributed by atoms with Crippen LogP contribution in [-0.2, 0) is 11.2 Å². The molecule has 0 unspecified atom stereocenters. The first kappa shape index (κ1) is 13.8. The fourth-order valence-corrected chi connectivity index (χ4v) is 1.69. The number of carbonyl (C=O) groups excluding carboxylic acids is 1. The van der Waals surface area contributed by atoms with E-state index in [9.17, 15) is 4.79 Å². The lowest BCUT2D eigenvalue weighted by atomic mass is 10.1. The van der Waals surface area contributed by atoms with Gasteiger partial charge in [-0.05, 0) is 35.4 Å². The second-order valence-corrected chi connectivity index (χ2v) is 4.23. The molecule has 0 saturated heterocycles. The molecule has 0 fully saturated rings. The van der Waals surface area contributed by atoms with E-state index in [0.29, 0.717) is 6.42 Å². The number of hydrazone groups is 1. The number of amides is 1. The number of methoxy groups -OCH3 is 1. The van der Waals surface area contributed by atoms with Crippen molar-refractivity contribution in [2.45, 2.75) is 6.42 Å². The van der Waals surface area contributed by atoms with Crippen molar-refractivity contribution < 1.29 is 9.53 Å². The molecule has 0 saturated carbocycles. The Bertz CT molecular complexity index is 577. The van der Waals surface area contributed by atoms with Gasteiger partial charge in [0.2, 0.25) is 5.91 Å². The molecule has 2 rings (SSSR count). The summed E-state index contributed by atoms with van der Waals surface area (Å²) < 4.78 is 5.06. The third-order valence-corrected chi connectivity index (χ3v) is 2.73. The maximum absolute atomic E-state index is 11.7. The van der Waals surface area contributed by atoms with E-state index in [1.165, 1.54) is 0 Å². The van der Waals surface area contributed by atoms with Crippen LogP contribution in [0.15, 0.2) is 59.7 Å². The lowest BCUT2D eigenvalue weighted by molar-refractivity contribution is -0.120. The van der Waals surface area contributed by atoms with Gasteiger partial charge in [0.25, 0.3) is 0 Å². The predicted molar refractivity (Wildman–Crippen MR) is 78.9 cm³/mol. The van der Waals surface area contributed by atoms with Crippen LogP contribution in [-0.4, -0.2) is 19.2 Å². The summed E-state index contributed by atoms with van der Waals surface area (Å²) in [7, 11) is 1.62. The van der Waals surface area contributed by atoms with E-state index in [1.807, 2.05) is 54.6 Å². The van der Waals surface area contributed by atoms with Gasteiger partial charge in [-0.2, -0.15) is 5.10 Å². The van der Waals surface area contributed by atoms with E-state index >= 15 is 0 Å². The predicted octanol–water partition coefficient (Wildman–Crippen LogP) is 2.39. The Hall–Kier alpha value is -2.62. The molecular formula is C16H16N2O2. The minimum absolute atomic E-state index is 0.138. The molecule has 4 heteroatoms. The molecule has 20 heavy (non-hydrogen) atoms. The van der Waals surface area contributed by atoms with Crippen LogP contribution in [0.1, 0.15) is 11.1 Å². The van der Waals surface area contributed by atoms with Crippen molar-refractivity contribution in [1.29, 1.82) is 0 Å². The van der Waals surface area contributed by atoms with Crippen molar-refractivity contribution in [3.8, 4) is 5.75 Å². The third kappa shape index (κ3) is 4.24. The van der Waals surface area contributed by atoms with Crippen LogP contribution >= 0.6 is 0 Å². The Labute approximate surface area is 118 Å². The summed E-state index contributed by atoms with van der Waals surface area (Å²) in [6, 6.07) is 17.0. The second kappa shape index (κ2) is 7.09. The van der Waals surface area contributed by atoms with Gasteiger partial charge in [0.15, 0.2) is 0 Å². The highest BCUT2D eigenvalue weighted by atomic mass is 16.5. The zero-order chi connectivity index (χ0) is 14.2. The van der Waals surface area contributed by atoms with Gasteiger partial charge in [-0.1, -0.05) is 30.3 Å². The average Bonchev–Trinajstić information content (AvgIpc) is 2.49. The number of carbonyl (C=O) groups is 1. The Morgan fingerprint density at radius 3 is 2.50 bits per heavy atom. The summed E-state index contributed by atoms with van der Waals surface area (Å²) in [6.45, 7) is 0. The van der Waals surface area contributed by atoms with E-state index in [4.69, 9.17) is 4.74 Å². The SMILES string of the molecule is COc1ccc(/C=N\NC(=O)Cc2ccccc2)cc1. The van der Waals surface area contributed by atoms with Crippen LogP contribution in [0.5, 0.6) is 5.75 Å². The smallest absolute Gasteiger partial charge is 0.244 e. The molecule has 0 bridgehead atoms. The number of hydrogen-bond acceptors (Lipinski definition) is 3. The monoisotopic (exact) mass is 268 g/mol. The summed E-state index contributed by atoms with van der Waals surface area (Å²) in [5, 5.41) is 3.93. The van der Waals surface area contributed by atoms with Gasteiger partial charge in [0.1, 0.15) is 5.75 Å². The fraction of sp³-hybridized carbons (Fsp3) is 0.125.